The number of rotatable bonds is 7. The van der Waals surface area contributed by atoms with E-state index in [1.165, 1.54) is 4.90 Å². The predicted molar refractivity (Wildman–Crippen MR) is 150 cm³/mol. The zero-order valence-electron chi connectivity index (χ0n) is 21.5. The Bertz CT molecular complexity index is 1420. The minimum atomic E-state index is -0.199. The van der Waals surface area contributed by atoms with Crippen molar-refractivity contribution in [2.45, 2.75) is 52.7 Å². The van der Waals surface area contributed by atoms with E-state index in [0.717, 1.165) is 64.7 Å². The summed E-state index contributed by atoms with van der Waals surface area (Å²) in [5, 5.41) is 7.45. The van der Waals surface area contributed by atoms with Crippen molar-refractivity contribution in [3.05, 3.63) is 70.5 Å². The number of carbonyl (C=O) groups excluding carboxylic acids is 2. The minimum Gasteiger partial charge on any atom is -0.376 e. The van der Waals surface area contributed by atoms with Gasteiger partial charge in [0.25, 0.3) is 5.91 Å². The molecule has 0 aliphatic carbocycles. The van der Waals surface area contributed by atoms with Gasteiger partial charge in [-0.15, -0.1) is 0 Å². The Kier molecular flexibility index (Phi) is 7.13. The number of aromatic nitrogens is 1. The average molecular weight is 517 g/mol. The van der Waals surface area contributed by atoms with Gasteiger partial charge in [0.15, 0.2) is 5.11 Å². The number of benzene rings is 2. The number of nitrogens with zero attached hydrogens (tertiary/aromatic N) is 2. The van der Waals surface area contributed by atoms with Crippen molar-refractivity contribution in [2.24, 2.45) is 0 Å². The van der Waals surface area contributed by atoms with Gasteiger partial charge in [-0.05, 0) is 80.2 Å². The van der Waals surface area contributed by atoms with Gasteiger partial charge in [0, 0.05) is 30.3 Å². The first-order valence-electron chi connectivity index (χ1n) is 12.8. The van der Waals surface area contributed by atoms with Crippen molar-refractivity contribution in [3.63, 3.8) is 0 Å². The Hall–Kier alpha value is -3.49. The van der Waals surface area contributed by atoms with Crippen LogP contribution in [0, 0.1) is 13.8 Å². The maximum Gasteiger partial charge on any atom is 0.281 e. The van der Waals surface area contributed by atoms with Crippen LogP contribution in [-0.2, 0) is 27.3 Å². The van der Waals surface area contributed by atoms with Crippen LogP contribution in [0.2, 0.25) is 0 Å². The molecule has 37 heavy (non-hydrogen) atoms. The van der Waals surface area contributed by atoms with Gasteiger partial charge in [-0.3, -0.25) is 14.5 Å². The molecule has 0 spiro atoms. The molecule has 192 valence electrons. The first kappa shape index (κ1) is 25.2. The highest BCUT2D eigenvalue weighted by atomic mass is 32.1. The van der Waals surface area contributed by atoms with Gasteiger partial charge < -0.3 is 19.9 Å². The van der Waals surface area contributed by atoms with Gasteiger partial charge in [-0.2, -0.15) is 0 Å². The van der Waals surface area contributed by atoms with E-state index in [1.807, 2.05) is 61.0 Å². The largest absolute Gasteiger partial charge is 0.376 e. The number of ether oxygens (including phenoxy) is 1. The second kappa shape index (κ2) is 10.5. The third-order valence-corrected chi connectivity index (χ3v) is 7.47. The Morgan fingerprint density at radius 2 is 2.08 bits per heavy atom. The summed E-state index contributed by atoms with van der Waals surface area (Å²) >= 11 is 5.53. The standard InChI is InChI=1S/C29H32N4O3S/c1-4-20-7-5-9-24-21(16-32(27(20)24)17-26(34)30-15-23-8-6-12-36-23)14-25-28(35)33(29(37)31-25)22-11-10-18(2)19(3)13-22/h5,7,9-11,13-14,16,23H,4,6,8,12,15,17H2,1-3H3,(H,30,34)(H,31,37)/b25-14-/t23-/m0/s1. The fourth-order valence-electron chi connectivity index (χ4n) is 5.02. The van der Waals surface area contributed by atoms with Crippen LogP contribution in [0.25, 0.3) is 17.0 Å². The molecule has 2 N–H and O–H groups in total. The van der Waals surface area contributed by atoms with E-state index < -0.39 is 0 Å². The van der Waals surface area contributed by atoms with Crippen LogP contribution in [0.1, 0.15) is 42.0 Å². The molecule has 1 atom stereocenters. The van der Waals surface area contributed by atoms with Crippen molar-refractivity contribution in [1.82, 2.24) is 15.2 Å². The number of hydrogen-bond donors (Lipinski definition) is 2. The normalized spacial score (nSPS) is 18.7. The molecule has 2 aromatic carbocycles. The van der Waals surface area contributed by atoms with E-state index >= 15 is 0 Å². The SMILES string of the molecule is CCc1cccc2c(/C=C3\NC(=S)N(c4ccc(C)c(C)c4)C3=O)cn(CC(=O)NC[C@@H]3CCCO3)c12. The third kappa shape index (κ3) is 5.04. The maximum absolute atomic E-state index is 13.4. The summed E-state index contributed by atoms with van der Waals surface area (Å²) in [6.45, 7) is 7.64. The number of thiocarbonyl (C=S) groups is 1. The second-order valence-corrected chi connectivity index (χ2v) is 10.1. The van der Waals surface area contributed by atoms with Gasteiger partial charge >= 0.3 is 0 Å². The Morgan fingerprint density at radius 3 is 2.81 bits per heavy atom. The van der Waals surface area contributed by atoms with Gasteiger partial charge in [-0.25, -0.2) is 0 Å². The summed E-state index contributed by atoms with van der Waals surface area (Å²) in [5.41, 5.74) is 6.41. The number of hydrogen-bond acceptors (Lipinski definition) is 4. The topological polar surface area (TPSA) is 75.6 Å². The lowest BCUT2D eigenvalue weighted by Gasteiger charge is -2.15. The highest BCUT2D eigenvalue weighted by Gasteiger charge is 2.32. The van der Waals surface area contributed by atoms with E-state index in [9.17, 15) is 9.59 Å². The summed E-state index contributed by atoms with van der Waals surface area (Å²) in [6, 6.07) is 12.0. The molecule has 0 unspecified atom stereocenters. The molecule has 0 saturated carbocycles. The van der Waals surface area contributed by atoms with Gasteiger partial charge in [-0.1, -0.05) is 31.2 Å². The quantitative estimate of drug-likeness (QED) is 0.360. The molecule has 7 nitrogen and oxygen atoms in total. The Balaban J connectivity index is 1.45. The molecular weight excluding hydrogens is 484 g/mol. The van der Waals surface area contributed by atoms with Gasteiger partial charge in [0.05, 0.1) is 17.3 Å². The molecule has 2 amide bonds. The van der Waals surface area contributed by atoms with Gasteiger partial charge in [0.2, 0.25) is 5.91 Å². The molecule has 5 rings (SSSR count). The van der Waals surface area contributed by atoms with E-state index in [4.69, 9.17) is 17.0 Å². The van der Waals surface area contributed by atoms with E-state index in [-0.39, 0.29) is 24.5 Å². The summed E-state index contributed by atoms with van der Waals surface area (Å²) < 4.78 is 7.60. The van der Waals surface area contributed by atoms with Crippen molar-refractivity contribution in [3.8, 4) is 0 Å². The number of nitrogens with one attached hydrogen (secondary N) is 2. The molecule has 3 heterocycles. The van der Waals surface area contributed by atoms with Crippen LogP contribution >= 0.6 is 12.2 Å². The molecule has 0 radical (unpaired) electrons. The molecule has 2 fully saturated rings. The molecule has 1 aromatic heterocycles. The monoisotopic (exact) mass is 516 g/mol. The molecule has 2 aliphatic heterocycles. The van der Waals surface area contributed by atoms with E-state index in [0.29, 0.717) is 17.4 Å². The zero-order chi connectivity index (χ0) is 26.1. The van der Waals surface area contributed by atoms with Crippen molar-refractivity contribution >= 4 is 51.8 Å². The Labute approximate surface area is 222 Å². The number of para-hydroxylation sites is 1. The first-order valence-corrected chi connectivity index (χ1v) is 13.2. The molecule has 2 saturated heterocycles. The lowest BCUT2D eigenvalue weighted by Crippen LogP contribution is -2.34. The molecule has 2 aliphatic rings. The Morgan fingerprint density at radius 1 is 1.24 bits per heavy atom. The smallest absolute Gasteiger partial charge is 0.281 e. The van der Waals surface area contributed by atoms with Crippen LogP contribution in [0.4, 0.5) is 5.69 Å². The van der Waals surface area contributed by atoms with Crippen molar-refractivity contribution < 1.29 is 14.3 Å². The maximum atomic E-state index is 13.4. The summed E-state index contributed by atoms with van der Waals surface area (Å²) in [7, 11) is 0. The third-order valence-electron chi connectivity index (χ3n) is 7.19. The molecule has 3 aromatic rings. The summed E-state index contributed by atoms with van der Waals surface area (Å²) in [4.78, 5) is 27.7. The van der Waals surface area contributed by atoms with Gasteiger partial charge in [0.1, 0.15) is 12.2 Å². The predicted octanol–water partition coefficient (Wildman–Crippen LogP) is 4.38. The fraction of sp³-hybridized carbons (Fsp3) is 0.345. The summed E-state index contributed by atoms with van der Waals surface area (Å²) in [5.74, 6) is -0.259. The first-order chi connectivity index (χ1) is 17.9. The molecule has 8 heteroatoms. The average Bonchev–Trinajstić information content (AvgIpc) is 3.59. The van der Waals surface area contributed by atoms with Crippen LogP contribution in [0.15, 0.2) is 48.3 Å². The number of anilines is 1. The lowest BCUT2D eigenvalue weighted by atomic mass is 10.1. The number of amides is 2. The van der Waals surface area contributed by atoms with E-state index in [1.54, 1.807) is 0 Å². The van der Waals surface area contributed by atoms with Crippen LogP contribution in [-0.4, -0.2) is 40.7 Å². The van der Waals surface area contributed by atoms with Crippen molar-refractivity contribution in [1.29, 1.82) is 0 Å². The van der Waals surface area contributed by atoms with Crippen LogP contribution in [0.5, 0.6) is 0 Å². The number of carbonyl (C=O) groups is 2. The minimum absolute atomic E-state index is 0.0605. The molecule has 0 bridgehead atoms. The fourth-order valence-corrected chi connectivity index (χ4v) is 5.32. The number of aryl methyl sites for hydroxylation is 3. The lowest BCUT2D eigenvalue weighted by molar-refractivity contribution is -0.122. The summed E-state index contributed by atoms with van der Waals surface area (Å²) in [6.07, 6.45) is 6.72. The zero-order valence-corrected chi connectivity index (χ0v) is 22.3. The number of fused-ring (bicyclic) bond motifs is 1. The highest BCUT2D eigenvalue weighted by molar-refractivity contribution is 7.80. The second-order valence-electron chi connectivity index (χ2n) is 9.72. The highest BCUT2D eigenvalue weighted by Crippen LogP contribution is 2.29. The van der Waals surface area contributed by atoms with Crippen LogP contribution < -0.4 is 15.5 Å². The van der Waals surface area contributed by atoms with Crippen LogP contribution in [0.3, 0.4) is 0 Å². The van der Waals surface area contributed by atoms with E-state index in [2.05, 4.69) is 23.6 Å². The molecular formula is C29H32N4O3S. The van der Waals surface area contributed by atoms with Crippen molar-refractivity contribution in [2.75, 3.05) is 18.1 Å².